The highest BCUT2D eigenvalue weighted by atomic mass is 16.1. The summed E-state index contributed by atoms with van der Waals surface area (Å²) in [5.41, 5.74) is 7.67. The first kappa shape index (κ1) is 13.7. The van der Waals surface area contributed by atoms with Gasteiger partial charge in [-0.25, -0.2) is 0 Å². The van der Waals surface area contributed by atoms with Crippen LogP contribution in [0.2, 0.25) is 0 Å². The van der Waals surface area contributed by atoms with E-state index in [2.05, 4.69) is 10.3 Å². The number of nitrogens with two attached hydrogens (primary N) is 1. The van der Waals surface area contributed by atoms with Gasteiger partial charge in [0.25, 0.3) is 5.91 Å². The number of anilines is 1. The molecule has 0 aliphatic carbocycles. The van der Waals surface area contributed by atoms with Crippen LogP contribution in [0.3, 0.4) is 0 Å². The molecule has 0 unspecified atom stereocenters. The second-order valence-corrected chi connectivity index (χ2v) is 4.19. The summed E-state index contributed by atoms with van der Waals surface area (Å²) in [5.74, 6) is -0.270. The predicted molar refractivity (Wildman–Crippen MR) is 76.1 cm³/mol. The lowest BCUT2D eigenvalue weighted by Gasteiger charge is -2.07. The quantitative estimate of drug-likeness (QED) is 0.881. The molecule has 0 aliphatic rings. The van der Waals surface area contributed by atoms with Crippen molar-refractivity contribution in [3.05, 3.63) is 59.4 Å². The molecule has 0 atom stereocenters. The molecule has 0 saturated carbocycles. The number of nitrogens with one attached hydrogen (secondary N) is 1. The maximum atomic E-state index is 12.2. The molecule has 0 bridgehead atoms. The Bertz CT molecular complexity index is 661. The topological polar surface area (TPSA) is 91.8 Å². The van der Waals surface area contributed by atoms with Crippen molar-refractivity contribution in [2.24, 2.45) is 5.73 Å². The number of aromatic nitrogens is 1. The molecule has 0 aliphatic heterocycles. The van der Waals surface area contributed by atoms with Gasteiger partial charge < -0.3 is 11.1 Å². The number of rotatable bonds is 4. The zero-order valence-corrected chi connectivity index (χ0v) is 10.8. The van der Waals surface area contributed by atoms with E-state index in [1.54, 1.807) is 42.6 Å². The highest BCUT2D eigenvalue weighted by Crippen LogP contribution is 2.15. The molecule has 0 spiro atoms. The van der Waals surface area contributed by atoms with E-state index in [0.717, 1.165) is 5.69 Å². The summed E-state index contributed by atoms with van der Waals surface area (Å²) in [5, 5.41) is 11.7. The van der Waals surface area contributed by atoms with Crippen LogP contribution >= 0.6 is 0 Å². The number of hydrogen-bond acceptors (Lipinski definition) is 4. The largest absolute Gasteiger partial charge is 0.330 e. The maximum absolute atomic E-state index is 12.2. The molecule has 5 nitrogen and oxygen atoms in total. The summed E-state index contributed by atoms with van der Waals surface area (Å²) in [6.45, 7) is 0.481. The number of carbonyl (C=O) groups excluding carboxylic acids is 1. The van der Waals surface area contributed by atoms with Crippen molar-refractivity contribution in [3.8, 4) is 6.07 Å². The molecule has 1 heterocycles. The normalized spacial score (nSPS) is 9.80. The smallest absolute Gasteiger partial charge is 0.255 e. The molecule has 1 aromatic carbocycles. The molecule has 2 aromatic rings. The van der Waals surface area contributed by atoms with Crippen LogP contribution in [0.4, 0.5) is 5.69 Å². The van der Waals surface area contributed by atoms with E-state index in [9.17, 15) is 4.79 Å². The molecular formula is C15H14N4O. The molecule has 2 rings (SSSR count). The van der Waals surface area contributed by atoms with Gasteiger partial charge >= 0.3 is 0 Å². The van der Waals surface area contributed by atoms with E-state index in [-0.39, 0.29) is 5.91 Å². The Morgan fingerprint density at radius 2 is 2.15 bits per heavy atom. The second-order valence-electron chi connectivity index (χ2n) is 4.19. The van der Waals surface area contributed by atoms with Gasteiger partial charge in [0.2, 0.25) is 0 Å². The maximum Gasteiger partial charge on any atom is 0.255 e. The van der Waals surface area contributed by atoms with E-state index >= 15 is 0 Å². The Hall–Kier alpha value is -2.71. The number of para-hydroxylation sites is 1. The highest BCUT2D eigenvalue weighted by molar-refractivity contribution is 6.04. The molecule has 3 N–H and O–H groups in total. The fraction of sp³-hybridized carbons (Fsp3) is 0.133. The van der Waals surface area contributed by atoms with Crippen molar-refractivity contribution >= 4 is 11.6 Å². The highest BCUT2D eigenvalue weighted by Gasteiger charge is 2.09. The first-order chi connectivity index (χ1) is 9.74. The number of nitrogens with zero attached hydrogens (tertiary/aromatic N) is 2. The fourth-order valence-corrected chi connectivity index (χ4v) is 1.79. The Kier molecular flexibility index (Phi) is 4.43. The lowest BCUT2D eigenvalue weighted by molar-refractivity contribution is 0.102. The zero-order chi connectivity index (χ0) is 14.4. The zero-order valence-electron chi connectivity index (χ0n) is 10.8. The van der Waals surface area contributed by atoms with Crippen LogP contribution in [0, 0.1) is 11.3 Å². The summed E-state index contributed by atoms with van der Waals surface area (Å²) in [6, 6.07) is 12.2. The summed E-state index contributed by atoms with van der Waals surface area (Å²) < 4.78 is 0. The Morgan fingerprint density at radius 1 is 1.35 bits per heavy atom. The third-order valence-corrected chi connectivity index (χ3v) is 2.77. The SMILES string of the molecule is N#Cc1ccccc1NC(=O)c1ccnc(CCN)c1. The summed E-state index contributed by atoms with van der Waals surface area (Å²) in [7, 11) is 0. The van der Waals surface area contributed by atoms with Crippen molar-refractivity contribution in [2.45, 2.75) is 6.42 Å². The monoisotopic (exact) mass is 266 g/mol. The van der Waals surface area contributed by atoms with Crippen LogP contribution in [-0.2, 0) is 6.42 Å². The van der Waals surface area contributed by atoms with Crippen LogP contribution < -0.4 is 11.1 Å². The second kappa shape index (κ2) is 6.45. The van der Waals surface area contributed by atoms with Crippen LogP contribution in [0.15, 0.2) is 42.6 Å². The van der Waals surface area contributed by atoms with E-state index in [1.165, 1.54) is 0 Å². The molecule has 0 fully saturated rings. The molecule has 100 valence electrons. The molecular weight excluding hydrogens is 252 g/mol. The van der Waals surface area contributed by atoms with E-state index in [1.807, 2.05) is 6.07 Å². The van der Waals surface area contributed by atoms with Crippen molar-refractivity contribution < 1.29 is 4.79 Å². The van der Waals surface area contributed by atoms with Gasteiger partial charge in [0.1, 0.15) is 6.07 Å². The van der Waals surface area contributed by atoms with Gasteiger partial charge in [-0.05, 0) is 30.8 Å². The predicted octanol–water partition coefficient (Wildman–Crippen LogP) is 1.71. The van der Waals surface area contributed by atoms with Gasteiger partial charge in [-0.1, -0.05) is 12.1 Å². The number of carbonyl (C=O) groups is 1. The number of nitriles is 1. The molecule has 0 saturated heterocycles. The van der Waals surface area contributed by atoms with Gasteiger partial charge in [0.15, 0.2) is 0 Å². The third-order valence-electron chi connectivity index (χ3n) is 2.77. The van der Waals surface area contributed by atoms with Gasteiger partial charge in [-0.2, -0.15) is 5.26 Å². The van der Waals surface area contributed by atoms with Gasteiger partial charge in [0, 0.05) is 23.9 Å². The molecule has 1 amide bonds. The van der Waals surface area contributed by atoms with Crippen molar-refractivity contribution in [2.75, 3.05) is 11.9 Å². The van der Waals surface area contributed by atoms with E-state index in [0.29, 0.717) is 29.8 Å². The number of pyridine rings is 1. The lowest BCUT2D eigenvalue weighted by atomic mass is 10.1. The Balaban J connectivity index is 2.20. The first-order valence-corrected chi connectivity index (χ1v) is 6.20. The molecule has 1 aromatic heterocycles. The average Bonchev–Trinajstić information content (AvgIpc) is 2.48. The van der Waals surface area contributed by atoms with Gasteiger partial charge in [-0.15, -0.1) is 0 Å². The fourth-order valence-electron chi connectivity index (χ4n) is 1.79. The standard InChI is InChI=1S/C15H14N4O/c16-7-5-13-9-11(6-8-18-13)15(20)19-14-4-2-1-3-12(14)10-17/h1-4,6,8-9H,5,7,16H2,(H,19,20). The third kappa shape index (κ3) is 3.19. The molecule has 20 heavy (non-hydrogen) atoms. The first-order valence-electron chi connectivity index (χ1n) is 6.20. The Labute approximate surface area is 117 Å². The minimum absolute atomic E-state index is 0.270. The van der Waals surface area contributed by atoms with E-state index < -0.39 is 0 Å². The van der Waals surface area contributed by atoms with Crippen LogP contribution in [-0.4, -0.2) is 17.4 Å². The number of amides is 1. The van der Waals surface area contributed by atoms with Crippen LogP contribution in [0.1, 0.15) is 21.6 Å². The number of benzene rings is 1. The number of hydrogen-bond donors (Lipinski definition) is 2. The van der Waals surface area contributed by atoms with E-state index in [4.69, 9.17) is 11.0 Å². The lowest BCUT2D eigenvalue weighted by Crippen LogP contribution is -2.14. The average molecular weight is 266 g/mol. The van der Waals surface area contributed by atoms with Crippen molar-refractivity contribution in [1.29, 1.82) is 5.26 Å². The van der Waals surface area contributed by atoms with Crippen LogP contribution in [0.5, 0.6) is 0 Å². The summed E-state index contributed by atoms with van der Waals surface area (Å²) in [4.78, 5) is 16.3. The van der Waals surface area contributed by atoms with Gasteiger partial charge in [0.05, 0.1) is 11.3 Å². The Morgan fingerprint density at radius 3 is 2.90 bits per heavy atom. The summed E-state index contributed by atoms with van der Waals surface area (Å²) >= 11 is 0. The minimum Gasteiger partial charge on any atom is -0.330 e. The summed E-state index contributed by atoms with van der Waals surface area (Å²) in [6.07, 6.45) is 2.20. The molecule has 0 radical (unpaired) electrons. The van der Waals surface area contributed by atoms with Crippen LogP contribution in [0.25, 0.3) is 0 Å². The molecule has 5 heteroatoms. The van der Waals surface area contributed by atoms with Crippen molar-refractivity contribution in [3.63, 3.8) is 0 Å². The van der Waals surface area contributed by atoms with Gasteiger partial charge in [-0.3, -0.25) is 9.78 Å². The van der Waals surface area contributed by atoms with Crippen molar-refractivity contribution in [1.82, 2.24) is 4.98 Å². The minimum atomic E-state index is -0.270.